The highest BCUT2D eigenvalue weighted by molar-refractivity contribution is 8.02. The average molecular weight is 519 g/mol. The fourth-order valence-electron chi connectivity index (χ4n) is 7.17. The highest BCUT2D eigenvalue weighted by atomic mass is 32.2. The Balaban J connectivity index is 1.70. The topological polar surface area (TPSA) is 87.2 Å². The molecule has 3 heterocycles. The fraction of sp³-hybridized carbons (Fsp3) is 0.750. The van der Waals surface area contributed by atoms with Gasteiger partial charge in [0.1, 0.15) is 6.04 Å². The number of fused-ring (bicyclic) bond motifs is 1. The Kier molecular flexibility index (Phi) is 8.55. The van der Waals surface area contributed by atoms with E-state index in [1.54, 1.807) is 35.7 Å². The van der Waals surface area contributed by atoms with Crippen LogP contribution < -0.4 is 0 Å². The smallest absolute Gasteiger partial charge is 0.310 e. The number of amides is 2. The van der Waals surface area contributed by atoms with Gasteiger partial charge in [-0.15, -0.1) is 24.9 Å². The molecule has 7 atom stereocenters. The standard InChI is InChI=1S/C28H42N2O5S/c1-5-7-11-15-35-27(34)22-21-16-18(3)28(36-21)23(22)25(32)30(19(4)17-31)24(28)26(33)29(14-6-2)20-12-9-8-10-13-20/h5-6,18-24,31H,1-2,7-17H2,3-4H3/t18?,19-,21+,22-,23+,24?,28?/m1/s1. The summed E-state index contributed by atoms with van der Waals surface area (Å²) in [6.45, 7) is 12.0. The van der Waals surface area contributed by atoms with Crippen molar-refractivity contribution in [1.29, 1.82) is 0 Å². The first kappa shape index (κ1) is 27.2. The molecule has 4 rings (SSSR count). The van der Waals surface area contributed by atoms with Gasteiger partial charge < -0.3 is 19.6 Å². The Labute approximate surface area is 219 Å². The molecule has 3 saturated heterocycles. The Hall–Kier alpha value is -1.80. The van der Waals surface area contributed by atoms with Crippen molar-refractivity contribution in [3.8, 4) is 0 Å². The number of likely N-dealkylation sites (tertiary alicyclic amines) is 1. The number of hydrogen-bond donors (Lipinski definition) is 1. The number of esters is 1. The van der Waals surface area contributed by atoms with Crippen LogP contribution >= 0.6 is 11.8 Å². The van der Waals surface area contributed by atoms with Crippen molar-refractivity contribution in [2.24, 2.45) is 17.8 Å². The first-order chi connectivity index (χ1) is 17.3. The lowest BCUT2D eigenvalue weighted by Gasteiger charge is -2.43. The maximum absolute atomic E-state index is 14.5. The molecule has 3 unspecified atom stereocenters. The maximum atomic E-state index is 14.5. The van der Waals surface area contributed by atoms with E-state index in [9.17, 15) is 19.5 Å². The van der Waals surface area contributed by atoms with Gasteiger partial charge in [0, 0.05) is 17.8 Å². The monoisotopic (exact) mass is 518 g/mol. The van der Waals surface area contributed by atoms with Crippen LogP contribution in [0.1, 0.15) is 65.2 Å². The third kappa shape index (κ3) is 4.42. The SMILES string of the molecule is C=CCCCOC(=O)[C@@H]1[C@@H]2CC(C)C3(S2)C(C(=O)N(CC=C)C2CCCCC2)N([C@H](C)CO)C(=O)[C@H]13. The minimum absolute atomic E-state index is 0.0368. The molecule has 2 bridgehead atoms. The zero-order chi connectivity index (χ0) is 26.0. The van der Waals surface area contributed by atoms with Gasteiger partial charge in [0.2, 0.25) is 11.8 Å². The molecule has 1 aliphatic carbocycles. The van der Waals surface area contributed by atoms with Gasteiger partial charge in [-0.25, -0.2) is 0 Å². The molecule has 200 valence electrons. The molecule has 4 aliphatic rings. The van der Waals surface area contributed by atoms with Crippen LogP contribution in [0.4, 0.5) is 0 Å². The summed E-state index contributed by atoms with van der Waals surface area (Å²) in [5.74, 6) is -1.65. The van der Waals surface area contributed by atoms with Crippen LogP contribution in [-0.2, 0) is 19.1 Å². The van der Waals surface area contributed by atoms with Crippen LogP contribution in [0.15, 0.2) is 25.3 Å². The third-order valence-electron chi connectivity index (χ3n) is 8.85. The van der Waals surface area contributed by atoms with Gasteiger partial charge in [-0.3, -0.25) is 14.4 Å². The minimum Gasteiger partial charge on any atom is -0.465 e. The summed E-state index contributed by atoms with van der Waals surface area (Å²) in [4.78, 5) is 45.4. The lowest BCUT2D eigenvalue weighted by molar-refractivity contribution is -0.155. The molecular weight excluding hydrogens is 476 g/mol. The largest absolute Gasteiger partial charge is 0.465 e. The van der Waals surface area contributed by atoms with E-state index in [4.69, 9.17) is 4.74 Å². The van der Waals surface area contributed by atoms with Gasteiger partial charge in [-0.2, -0.15) is 0 Å². The second kappa shape index (κ2) is 11.3. The molecule has 1 N–H and O–H groups in total. The highest BCUT2D eigenvalue weighted by Gasteiger charge is 2.77. The summed E-state index contributed by atoms with van der Waals surface area (Å²) < 4.78 is 4.95. The van der Waals surface area contributed by atoms with Crippen LogP contribution in [0.2, 0.25) is 0 Å². The number of carbonyl (C=O) groups excluding carboxylic acids is 3. The van der Waals surface area contributed by atoms with Crippen LogP contribution in [0.3, 0.4) is 0 Å². The van der Waals surface area contributed by atoms with E-state index in [0.29, 0.717) is 19.6 Å². The number of aliphatic hydroxyl groups excluding tert-OH is 1. The lowest BCUT2D eigenvalue weighted by Crippen LogP contribution is -2.60. The van der Waals surface area contributed by atoms with Gasteiger partial charge >= 0.3 is 5.97 Å². The van der Waals surface area contributed by atoms with Gasteiger partial charge in [0.05, 0.1) is 35.8 Å². The summed E-state index contributed by atoms with van der Waals surface area (Å²) in [6.07, 6.45) is 11.1. The fourth-order valence-corrected chi connectivity index (χ4v) is 9.56. The van der Waals surface area contributed by atoms with Crippen molar-refractivity contribution in [2.45, 2.75) is 93.3 Å². The summed E-state index contributed by atoms with van der Waals surface area (Å²) in [7, 11) is 0. The van der Waals surface area contributed by atoms with Crippen LogP contribution in [0.5, 0.6) is 0 Å². The summed E-state index contributed by atoms with van der Waals surface area (Å²) in [6, 6.07) is -1.09. The van der Waals surface area contributed by atoms with Crippen molar-refractivity contribution in [1.82, 2.24) is 9.80 Å². The Morgan fingerprint density at radius 2 is 2.00 bits per heavy atom. The van der Waals surface area contributed by atoms with E-state index in [1.165, 1.54) is 6.42 Å². The van der Waals surface area contributed by atoms with E-state index < -0.39 is 28.7 Å². The van der Waals surface area contributed by atoms with Gasteiger partial charge in [0.25, 0.3) is 0 Å². The second-order valence-corrected chi connectivity index (χ2v) is 12.5. The molecular formula is C28H42N2O5S. The van der Waals surface area contributed by atoms with Crippen LogP contribution in [0.25, 0.3) is 0 Å². The van der Waals surface area contributed by atoms with E-state index in [2.05, 4.69) is 20.1 Å². The molecule has 8 heteroatoms. The molecule has 3 aliphatic heterocycles. The van der Waals surface area contributed by atoms with Gasteiger partial charge in [0.15, 0.2) is 0 Å². The molecule has 36 heavy (non-hydrogen) atoms. The van der Waals surface area contributed by atoms with E-state index in [0.717, 1.165) is 38.5 Å². The number of hydrogen-bond acceptors (Lipinski definition) is 6. The second-order valence-electron chi connectivity index (χ2n) is 11.0. The molecule has 2 amide bonds. The number of thioether (sulfide) groups is 1. The van der Waals surface area contributed by atoms with E-state index >= 15 is 0 Å². The highest BCUT2D eigenvalue weighted by Crippen LogP contribution is 2.69. The zero-order valence-corrected chi connectivity index (χ0v) is 22.6. The molecule has 0 aromatic carbocycles. The van der Waals surface area contributed by atoms with Crippen molar-refractivity contribution in [3.05, 3.63) is 25.3 Å². The zero-order valence-electron chi connectivity index (χ0n) is 21.8. The minimum atomic E-state index is -0.706. The lowest BCUT2D eigenvalue weighted by atomic mass is 9.66. The molecule has 0 aromatic heterocycles. The molecule has 4 fully saturated rings. The van der Waals surface area contributed by atoms with Crippen molar-refractivity contribution in [3.63, 3.8) is 0 Å². The van der Waals surface area contributed by atoms with Gasteiger partial charge in [-0.05, 0) is 44.9 Å². The molecule has 0 aromatic rings. The van der Waals surface area contributed by atoms with E-state index in [-0.39, 0.29) is 41.6 Å². The predicted octanol–water partition coefficient (Wildman–Crippen LogP) is 3.56. The average Bonchev–Trinajstić information content (AvgIpc) is 3.48. The summed E-state index contributed by atoms with van der Waals surface area (Å²) in [5, 5.41) is 10.1. The number of aliphatic hydroxyl groups is 1. The van der Waals surface area contributed by atoms with E-state index in [1.807, 2.05) is 4.90 Å². The third-order valence-corrected chi connectivity index (χ3v) is 10.9. The molecule has 1 spiro atoms. The van der Waals surface area contributed by atoms with Crippen LogP contribution in [0, 0.1) is 17.8 Å². The van der Waals surface area contributed by atoms with Gasteiger partial charge in [-0.1, -0.05) is 38.3 Å². The molecule has 1 saturated carbocycles. The number of rotatable bonds is 11. The summed E-state index contributed by atoms with van der Waals surface area (Å²) >= 11 is 1.66. The number of ether oxygens (including phenoxy) is 1. The number of unbranched alkanes of at least 4 members (excludes halogenated alkanes) is 1. The molecule has 0 radical (unpaired) electrons. The number of allylic oxidation sites excluding steroid dienone is 1. The number of nitrogens with zero attached hydrogens (tertiary/aromatic N) is 2. The Bertz CT molecular complexity index is 874. The van der Waals surface area contributed by atoms with Crippen molar-refractivity contribution >= 4 is 29.5 Å². The first-order valence-electron chi connectivity index (χ1n) is 13.6. The van der Waals surface area contributed by atoms with Crippen LogP contribution in [-0.4, -0.2) is 80.6 Å². The van der Waals surface area contributed by atoms with Crippen molar-refractivity contribution in [2.75, 3.05) is 19.8 Å². The Morgan fingerprint density at radius 1 is 1.28 bits per heavy atom. The summed E-state index contributed by atoms with van der Waals surface area (Å²) in [5.41, 5.74) is 0. The predicted molar refractivity (Wildman–Crippen MR) is 141 cm³/mol. The normalized spacial score (nSPS) is 34.4. The van der Waals surface area contributed by atoms with Crippen molar-refractivity contribution < 1.29 is 24.2 Å². The molecule has 7 nitrogen and oxygen atoms in total. The first-order valence-corrected chi connectivity index (χ1v) is 14.5. The Morgan fingerprint density at radius 3 is 2.64 bits per heavy atom. The maximum Gasteiger partial charge on any atom is 0.310 e. The quantitative estimate of drug-likeness (QED) is 0.256. The number of carbonyl (C=O) groups is 3.